The highest BCUT2D eigenvalue weighted by Gasteiger charge is 2.26. The lowest BCUT2D eigenvalue weighted by Crippen LogP contribution is -2.24. The Balaban J connectivity index is 1.93. The van der Waals surface area contributed by atoms with Gasteiger partial charge >= 0.3 is 0 Å². The molecule has 7 heteroatoms. The van der Waals surface area contributed by atoms with E-state index in [1.54, 1.807) is 43.4 Å². The molecule has 1 atom stereocenters. The first kappa shape index (κ1) is 23.6. The third-order valence-electron chi connectivity index (χ3n) is 5.66. The fourth-order valence-electron chi connectivity index (χ4n) is 4.02. The molecule has 0 saturated carbocycles. The Labute approximate surface area is 203 Å². The number of hydrogen-bond acceptors (Lipinski definition) is 5. The number of halogens is 1. The summed E-state index contributed by atoms with van der Waals surface area (Å²) in [6, 6.07) is 20.9. The van der Waals surface area contributed by atoms with Crippen molar-refractivity contribution >= 4 is 17.7 Å². The van der Waals surface area contributed by atoms with Crippen molar-refractivity contribution in [1.29, 1.82) is 0 Å². The van der Waals surface area contributed by atoms with Crippen LogP contribution in [0.15, 0.2) is 84.3 Å². The van der Waals surface area contributed by atoms with Gasteiger partial charge in [0.05, 0.1) is 5.69 Å². The molecule has 2 heterocycles. The Hall–Kier alpha value is -3.58. The molecule has 0 radical (unpaired) electrons. The molecule has 0 aliphatic carbocycles. The van der Waals surface area contributed by atoms with Gasteiger partial charge < -0.3 is 4.90 Å². The van der Waals surface area contributed by atoms with Crippen molar-refractivity contribution in [2.45, 2.75) is 17.5 Å². The van der Waals surface area contributed by atoms with Gasteiger partial charge in [0.2, 0.25) is 5.95 Å². The van der Waals surface area contributed by atoms with Crippen LogP contribution in [0.4, 0.5) is 4.39 Å². The molecule has 2 aromatic heterocycles. The number of carbonyl (C=O) groups excluding carboxylic acids is 1. The quantitative estimate of drug-likeness (QED) is 0.203. The maximum Gasteiger partial charge on any atom is 0.253 e. The molecule has 0 fully saturated rings. The van der Waals surface area contributed by atoms with Crippen molar-refractivity contribution in [2.24, 2.45) is 0 Å². The Kier molecular flexibility index (Phi) is 7.33. The van der Waals surface area contributed by atoms with Crippen LogP contribution in [-0.4, -0.2) is 46.1 Å². The van der Waals surface area contributed by atoms with Gasteiger partial charge in [-0.05, 0) is 47.6 Å². The Morgan fingerprint density at radius 2 is 1.76 bits per heavy atom. The van der Waals surface area contributed by atoms with E-state index in [4.69, 9.17) is 0 Å². The van der Waals surface area contributed by atoms with E-state index in [1.807, 2.05) is 54.8 Å². The summed E-state index contributed by atoms with van der Waals surface area (Å²) >= 11 is 1.43. The minimum Gasteiger partial charge on any atom is -0.345 e. The van der Waals surface area contributed by atoms with Crippen molar-refractivity contribution in [3.8, 4) is 11.1 Å². The van der Waals surface area contributed by atoms with Crippen LogP contribution in [0.3, 0.4) is 0 Å². The zero-order chi connectivity index (χ0) is 24.1. The molecule has 0 bridgehead atoms. The molecule has 0 saturated heterocycles. The smallest absolute Gasteiger partial charge is 0.253 e. The molecule has 4 aromatic rings. The molecule has 0 unspecified atom stereocenters. The Morgan fingerprint density at radius 1 is 0.971 bits per heavy atom. The monoisotopic (exact) mass is 472 g/mol. The first-order valence-electron chi connectivity index (χ1n) is 10.9. The van der Waals surface area contributed by atoms with Crippen molar-refractivity contribution in [3.63, 3.8) is 0 Å². The molecule has 1 amide bonds. The van der Waals surface area contributed by atoms with E-state index in [0.717, 1.165) is 16.7 Å². The van der Waals surface area contributed by atoms with Crippen LogP contribution in [0.25, 0.3) is 11.1 Å². The molecule has 0 aliphatic rings. The normalized spacial score (nSPS) is 11.8. The minimum absolute atomic E-state index is 0.106. The van der Waals surface area contributed by atoms with Gasteiger partial charge in [-0.1, -0.05) is 60.3 Å². The number of aromatic nitrogens is 3. The third kappa shape index (κ3) is 4.99. The van der Waals surface area contributed by atoms with Crippen LogP contribution in [-0.2, 0) is 6.42 Å². The summed E-state index contributed by atoms with van der Waals surface area (Å²) in [7, 11) is 3.46. The fraction of sp³-hybridized carbons (Fsp3) is 0.185. The molecule has 0 aliphatic heterocycles. The van der Waals surface area contributed by atoms with Gasteiger partial charge in [-0.3, -0.25) is 4.79 Å². The zero-order valence-electron chi connectivity index (χ0n) is 19.3. The highest BCUT2D eigenvalue weighted by atomic mass is 32.2. The summed E-state index contributed by atoms with van der Waals surface area (Å²) in [6.45, 7) is 0. The fourth-order valence-corrected chi connectivity index (χ4v) is 4.38. The predicted octanol–water partition coefficient (Wildman–Crippen LogP) is 5.48. The molecule has 34 heavy (non-hydrogen) atoms. The number of benzene rings is 2. The van der Waals surface area contributed by atoms with E-state index < -0.39 is 11.9 Å². The van der Waals surface area contributed by atoms with E-state index in [2.05, 4.69) is 15.0 Å². The summed E-state index contributed by atoms with van der Waals surface area (Å²) in [5, 5.41) is 0.604. The molecule has 2 aromatic carbocycles. The lowest BCUT2D eigenvalue weighted by Gasteiger charge is -2.23. The molecule has 0 spiro atoms. The first-order chi connectivity index (χ1) is 16.5. The maximum absolute atomic E-state index is 15.0. The Morgan fingerprint density at radius 3 is 2.47 bits per heavy atom. The maximum atomic E-state index is 15.0. The summed E-state index contributed by atoms with van der Waals surface area (Å²) in [4.78, 5) is 27.6. The topological polar surface area (TPSA) is 59.0 Å². The van der Waals surface area contributed by atoms with Gasteiger partial charge in [-0.25, -0.2) is 15.0 Å². The highest BCUT2D eigenvalue weighted by Crippen LogP contribution is 2.35. The molecular formula is C27H25FN4OS. The highest BCUT2D eigenvalue weighted by molar-refractivity contribution is 7.98. The summed E-state index contributed by atoms with van der Waals surface area (Å²) in [5.41, 5.74) is 4.45. The van der Waals surface area contributed by atoms with Crippen molar-refractivity contribution in [3.05, 3.63) is 107 Å². The SMILES string of the molecule is CSc1nccc([C@H](Cc2c(C(=O)N(C)C)cccc2-c2ccccc2)c2cccnc2F)n1. The Bertz CT molecular complexity index is 1300. The summed E-state index contributed by atoms with van der Waals surface area (Å²) in [6.07, 6.45) is 5.39. The van der Waals surface area contributed by atoms with Crippen LogP contribution >= 0.6 is 11.8 Å². The van der Waals surface area contributed by atoms with Gasteiger partial charge in [0, 0.05) is 43.5 Å². The van der Waals surface area contributed by atoms with Crippen LogP contribution in [0, 0.1) is 5.95 Å². The second-order valence-corrected chi connectivity index (χ2v) is 8.78. The van der Waals surface area contributed by atoms with Crippen LogP contribution < -0.4 is 0 Å². The predicted molar refractivity (Wildman–Crippen MR) is 133 cm³/mol. The summed E-state index contributed by atoms with van der Waals surface area (Å²) < 4.78 is 15.0. The van der Waals surface area contributed by atoms with Gasteiger partial charge in [0.15, 0.2) is 5.16 Å². The van der Waals surface area contributed by atoms with Gasteiger partial charge in [0.1, 0.15) is 0 Å². The van der Waals surface area contributed by atoms with E-state index in [9.17, 15) is 9.18 Å². The number of carbonyl (C=O) groups is 1. The number of amides is 1. The number of nitrogens with zero attached hydrogens (tertiary/aromatic N) is 4. The van der Waals surface area contributed by atoms with Crippen LogP contribution in [0.5, 0.6) is 0 Å². The van der Waals surface area contributed by atoms with Crippen molar-refractivity contribution in [2.75, 3.05) is 20.4 Å². The van der Waals surface area contributed by atoms with E-state index in [0.29, 0.717) is 28.4 Å². The number of rotatable bonds is 7. The van der Waals surface area contributed by atoms with Gasteiger partial charge in [0.25, 0.3) is 5.91 Å². The van der Waals surface area contributed by atoms with E-state index in [-0.39, 0.29) is 5.91 Å². The first-order valence-corrected chi connectivity index (χ1v) is 12.1. The lowest BCUT2D eigenvalue weighted by atomic mass is 9.84. The van der Waals surface area contributed by atoms with Gasteiger partial charge in [-0.15, -0.1) is 0 Å². The number of thioether (sulfide) groups is 1. The van der Waals surface area contributed by atoms with Gasteiger partial charge in [-0.2, -0.15) is 4.39 Å². The standard InChI is InChI=1S/C27H25FN4OS/c1-32(2)26(33)21-12-7-11-19(18-9-5-4-6-10-18)22(21)17-23(20-13-8-15-29-25(20)28)24-14-16-30-27(31-24)34-3/h4-16,23H,17H2,1-3H3/t23-/m1/s1. The molecule has 5 nitrogen and oxygen atoms in total. The average molecular weight is 473 g/mol. The molecule has 4 rings (SSSR count). The summed E-state index contributed by atoms with van der Waals surface area (Å²) in [5.74, 6) is -1.11. The molecule has 0 N–H and O–H groups in total. The van der Waals surface area contributed by atoms with Crippen molar-refractivity contribution in [1.82, 2.24) is 19.9 Å². The number of hydrogen-bond donors (Lipinski definition) is 0. The molecule has 172 valence electrons. The van der Waals surface area contributed by atoms with E-state index >= 15 is 0 Å². The second kappa shape index (κ2) is 10.6. The molecular weight excluding hydrogens is 447 g/mol. The second-order valence-electron chi connectivity index (χ2n) is 8.01. The van der Waals surface area contributed by atoms with E-state index in [1.165, 1.54) is 18.0 Å². The third-order valence-corrected chi connectivity index (χ3v) is 6.23. The number of pyridine rings is 1. The average Bonchev–Trinajstić information content (AvgIpc) is 2.87. The van der Waals surface area contributed by atoms with Crippen molar-refractivity contribution < 1.29 is 9.18 Å². The van der Waals surface area contributed by atoms with Crippen LogP contribution in [0.1, 0.15) is 33.1 Å². The zero-order valence-corrected chi connectivity index (χ0v) is 20.1. The lowest BCUT2D eigenvalue weighted by molar-refractivity contribution is 0.0826. The van der Waals surface area contributed by atoms with Crippen LogP contribution in [0.2, 0.25) is 0 Å². The minimum atomic E-state index is -0.547. The largest absolute Gasteiger partial charge is 0.345 e.